The summed E-state index contributed by atoms with van der Waals surface area (Å²) in [5.41, 5.74) is -1.57. The number of carboxylic acids is 3. The summed E-state index contributed by atoms with van der Waals surface area (Å²) in [6.07, 6.45) is 10.8. The van der Waals surface area contributed by atoms with E-state index in [1.165, 1.54) is 4.90 Å². The molecular weight excluding hydrogens is 835 g/mol. The zero-order valence-electron chi connectivity index (χ0n) is 40.1. The first-order valence-electron chi connectivity index (χ1n) is 22.0. The topological polar surface area (TPSA) is 218 Å². The summed E-state index contributed by atoms with van der Waals surface area (Å²) in [5.74, 6) is -4.14. The van der Waals surface area contributed by atoms with Crippen LogP contribution in [0.1, 0.15) is 132 Å². The number of ether oxygens (including phenoxy) is 1. The number of aliphatic carboxylic acids is 3. The minimum Gasteiger partial charge on any atom is -0.481 e. The first-order chi connectivity index (χ1) is 29.9. The molecule has 1 heterocycles. The van der Waals surface area contributed by atoms with Gasteiger partial charge in [0.05, 0.1) is 30.1 Å². The van der Waals surface area contributed by atoms with E-state index in [1.807, 2.05) is 17.2 Å². The van der Waals surface area contributed by atoms with E-state index in [9.17, 15) is 49.3 Å². The number of terminal acetylenes is 1. The van der Waals surface area contributed by atoms with Crippen molar-refractivity contribution in [1.82, 2.24) is 20.2 Å². The minimum absolute atomic E-state index is 0.0284. The lowest BCUT2D eigenvalue weighted by atomic mass is 9.56. The Morgan fingerprint density at radius 2 is 1.54 bits per heavy atom. The third kappa shape index (κ3) is 11.2. The number of allylic oxidation sites excluding steroid dienone is 1. The molecule has 65 heavy (non-hydrogen) atoms. The van der Waals surface area contributed by atoms with Gasteiger partial charge in [-0.05, 0) is 120 Å². The second kappa shape index (κ2) is 19.3. The SMILES string of the molecule is C#CCN(c1ccc(C(=O)N[C@@H](CCC(=O)N(C(C)(C)C)[C@@](C(=O)O)(C(CC(=O)O)C(C)(C)C)C(C)(C)C)C(=O)O)cc1)C1C=C2C(=CN(COC(=O)C(C)(C)C)CN2O)C2=C1CCC2. The van der Waals surface area contributed by atoms with Crippen LogP contribution in [0.4, 0.5) is 5.69 Å². The van der Waals surface area contributed by atoms with Crippen LogP contribution in [0.15, 0.2) is 59.0 Å². The van der Waals surface area contributed by atoms with Gasteiger partial charge in [0.1, 0.15) is 18.2 Å². The number of hydroxylamine groups is 2. The Morgan fingerprint density at radius 3 is 2.03 bits per heavy atom. The first-order valence-corrected chi connectivity index (χ1v) is 22.0. The van der Waals surface area contributed by atoms with Crippen molar-refractivity contribution >= 4 is 41.4 Å². The van der Waals surface area contributed by atoms with Crippen LogP contribution < -0.4 is 10.2 Å². The predicted molar refractivity (Wildman–Crippen MR) is 244 cm³/mol. The molecule has 5 N–H and O–H groups in total. The minimum atomic E-state index is -2.06. The van der Waals surface area contributed by atoms with Gasteiger partial charge in [0.15, 0.2) is 6.73 Å². The van der Waals surface area contributed by atoms with Crippen LogP contribution in [0.5, 0.6) is 0 Å². The van der Waals surface area contributed by atoms with Crippen molar-refractivity contribution in [3.63, 3.8) is 0 Å². The van der Waals surface area contributed by atoms with Gasteiger partial charge in [-0.15, -0.1) is 6.42 Å². The molecule has 0 radical (unpaired) electrons. The van der Waals surface area contributed by atoms with Crippen molar-refractivity contribution in [1.29, 1.82) is 0 Å². The van der Waals surface area contributed by atoms with Crippen molar-refractivity contribution < 1.29 is 54.0 Å². The zero-order chi connectivity index (χ0) is 49.2. The van der Waals surface area contributed by atoms with Crippen LogP contribution in [-0.2, 0) is 28.7 Å². The molecule has 0 bridgehead atoms. The summed E-state index contributed by atoms with van der Waals surface area (Å²) in [6, 6.07) is 4.61. The van der Waals surface area contributed by atoms with Crippen molar-refractivity contribution in [3.05, 3.63) is 64.5 Å². The van der Waals surface area contributed by atoms with Crippen LogP contribution >= 0.6 is 0 Å². The van der Waals surface area contributed by atoms with Gasteiger partial charge in [-0.25, -0.2) is 14.7 Å². The summed E-state index contributed by atoms with van der Waals surface area (Å²) < 4.78 is 5.52. The fourth-order valence-corrected chi connectivity index (χ4v) is 9.52. The van der Waals surface area contributed by atoms with Gasteiger partial charge in [0, 0.05) is 40.9 Å². The summed E-state index contributed by atoms with van der Waals surface area (Å²) in [4.78, 5) is 84.1. The Hall–Kier alpha value is -5.82. The number of amides is 2. The van der Waals surface area contributed by atoms with E-state index < -0.39 is 81.8 Å². The highest BCUT2D eigenvalue weighted by molar-refractivity contribution is 5.97. The Bertz CT molecular complexity index is 2160. The normalized spacial score (nSPS) is 18.4. The van der Waals surface area contributed by atoms with Crippen molar-refractivity contribution in [2.45, 2.75) is 145 Å². The molecule has 2 aliphatic carbocycles. The second-order valence-electron chi connectivity index (χ2n) is 21.4. The Kier molecular flexibility index (Phi) is 15.4. The lowest BCUT2D eigenvalue weighted by Crippen LogP contribution is -2.74. The van der Waals surface area contributed by atoms with E-state index in [-0.39, 0.29) is 43.9 Å². The van der Waals surface area contributed by atoms with Crippen LogP contribution in [0.25, 0.3) is 0 Å². The molecule has 1 aromatic carbocycles. The summed E-state index contributed by atoms with van der Waals surface area (Å²) >= 11 is 0. The lowest BCUT2D eigenvalue weighted by Gasteiger charge is -2.60. The van der Waals surface area contributed by atoms with Gasteiger partial charge in [-0.1, -0.05) is 47.5 Å². The van der Waals surface area contributed by atoms with Gasteiger partial charge < -0.3 is 40.1 Å². The standard InChI is InChI=1S/C49H69N5O11/c1-14-24-52(36-25-37-34(32-16-15-17-33(32)36)27-51(28-53(37)64)29-65-44(63)46(5,6)7)31-20-18-30(19-21-31)41(58)50-35(42(59)60)22-23-39(55)54(48(11,12)13)49(43(61)62,47(8,9)10)38(26-40(56)57)45(2,3)4/h1,18-21,25,27,35-36,38,64H,15-17,22-24,26,28-29H2,2-13H3,(H,50,58)(H,56,57)(H,59,60)(H,61,62)/t35-,36?,38?,49+/m0/s1. The summed E-state index contributed by atoms with van der Waals surface area (Å²) in [6.45, 7) is 20.7. The zero-order valence-corrected chi connectivity index (χ0v) is 40.1. The van der Waals surface area contributed by atoms with Crippen molar-refractivity contribution in [2.75, 3.05) is 24.8 Å². The second-order valence-corrected chi connectivity index (χ2v) is 21.4. The van der Waals surface area contributed by atoms with Gasteiger partial charge in [0.25, 0.3) is 5.91 Å². The number of hydrogen-bond donors (Lipinski definition) is 5. The predicted octanol–water partition coefficient (Wildman–Crippen LogP) is 6.86. The number of benzene rings is 1. The maximum absolute atomic E-state index is 14.5. The van der Waals surface area contributed by atoms with E-state index in [4.69, 9.17) is 11.2 Å². The van der Waals surface area contributed by atoms with Crippen LogP contribution in [0, 0.1) is 34.5 Å². The quantitative estimate of drug-likeness (QED) is 0.0846. The maximum Gasteiger partial charge on any atom is 0.330 e. The van der Waals surface area contributed by atoms with Crippen LogP contribution in [0.3, 0.4) is 0 Å². The molecule has 0 saturated heterocycles. The number of carboxylic acid groups (broad SMARTS) is 3. The first kappa shape index (κ1) is 51.8. The largest absolute Gasteiger partial charge is 0.481 e. The highest BCUT2D eigenvalue weighted by Crippen LogP contribution is 2.53. The molecule has 0 saturated carbocycles. The van der Waals surface area contributed by atoms with E-state index in [1.54, 1.807) is 112 Å². The summed E-state index contributed by atoms with van der Waals surface area (Å²) in [5, 5.41) is 46.3. The molecule has 16 heteroatoms. The fourth-order valence-electron chi connectivity index (χ4n) is 9.52. The smallest absolute Gasteiger partial charge is 0.330 e. The molecular formula is C49H69N5O11. The van der Waals surface area contributed by atoms with Crippen LogP contribution in [-0.4, -0.2) is 114 Å². The summed E-state index contributed by atoms with van der Waals surface area (Å²) in [7, 11) is 0. The van der Waals surface area contributed by atoms with E-state index in [0.717, 1.165) is 41.0 Å². The molecule has 4 atom stereocenters. The third-order valence-electron chi connectivity index (χ3n) is 12.4. The van der Waals surface area contributed by atoms with E-state index in [0.29, 0.717) is 11.4 Å². The number of carbonyl (C=O) groups is 6. The number of esters is 1. The van der Waals surface area contributed by atoms with Crippen LogP contribution in [0.2, 0.25) is 0 Å². The Labute approximate surface area is 383 Å². The molecule has 3 aliphatic rings. The average molecular weight is 904 g/mol. The molecule has 356 valence electrons. The number of rotatable bonds is 16. The van der Waals surface area contributed by atoms with Gasteiger partial charge in [-0.2, -0.15) is 0 Å². The van der Waals surface area contributed by atoms with Gasteiger partial charge in [-0.3, -0.25) is 24.4 Å². The molecule has 0 aromatic heterocycles. The average Bonchev–Trinajstić information content (AvgIpc) is 3.67. The number of fused-ring (bicyclic) bond motifs is 2. The number of hydrogen-bond acceptors (Lipinski definition) is 11. The number of nitrogens with one attached hydrogen (secondary N) is 1. The van der Waals surface area contributed by atoms with Gasteiger partial charge >= 0.3 is 23.9 Å². The highest BCUT2D eigenvalue weighted by Gasteiger charge is 2.64. The molecule has 2 amide bonds. The third-order valence-corrected chi connectivity index (χ3v) is 12.4. The number of anilines is 1. The van der Waals surface area contributed by atoms with E-state index in [2.05, 4.69) is 11.2 Å². The van der Waals surface area contributed by atoms with Gasteiger partial charge in [0.2, 0.25) is 5.91 Å². The monoisotopic (exact) mass is 903 g/mol. The molecule has 4 rings (SSSR count). The lowest BCUT2D eigenvalue weighted by molar-refractivity contribution is -0.193. The number of nitrogens with zero attached hydrogens (tertiary/aromatic N) is 4. The molecule has 1 aliphatic heterocycles. The number of carbonyl (C=O) groups excluding carboxylic acids is 3. The molecule has 2 unspecified atom stereocenters. The maximum atomic E-state index is 14.5. The molecule has 16 nitrogen and oxygen atoms in total. The van der Waals surface area contributed by atoms with E-state index >= 15 is 0 Å². The molecule has 0 spiro atoms. The van der Waals surface area contributed by atoms with Crippen molar-refractivity contribution in [3.8, 4) is 12.3 Å². The van der Waals surface area contributed by atoms with Crippen molar-refractivity contribution in [2.24, 2.45) is 22.2 Å². The Morgan fingerprint density at radius 1 is 0.923 bits per heavy atom. The highest BCUT2D eigenvalue weighted by atomic mass is 16.5. The molecule has 0 fully saturated rings. The molecule has 1 aromatic rings. The fraction of sp³-hybridized carbons (Fsp3) is 0.592. The Balaban J connectivity index is 1.58.